The molecule has 6 N–H and O–H groups in total. The molecule has 0 radical (unpaired) electrons. The molecule has 0 saturated carbocycles. The van der Waals surface area contributed by atoms with Gasteiger partial charge in [-0.05, 0) is 50.3 Å². The number of likely N-dealkylation sites (tertiary alicyclic amines) is 1. The molecule has 7 nitrogen and oxygen atoms in total. The van der Waals surface area contributed by atoms with E-state index < -0.39 is 5.41 Å². The molecule has 0 aromatic carbocycles. The minimum absolute atomic E-state index is 0.00652. The number of ether oxygens (including phenoxy) is 1. The van der Waals surface area contributed by atoms with Gasteiger partial charge >= 0.3 is 0 Å². The molecule has 178 valence electrons. The number of aliphatic hydroxyl groups is 2. The van der Waals surface area contributed by atoms with Crippen LogP contribution in [0.3, 0.4) is 0 Å². The van der Waals surface area contributed by atoms with E-state index in [9.17, 15) is 10.2 Å². The van der Waals surface area contributed by atoms with Gasteiger partial charge in [-0.25, -0.2) is 5.84 Å². The molecule has 1 aliphatic heterocycles. The van der Waals surface area contributed by atoms with Crippen molar-refractivity contribution in [3.63, 3.8) is 0 Å². The summed E-state index contributed by atoms with van der Waals surface area (Å²) in [6.45, 7) is 9.14. The quantitative estimate of drug-likeness (QED) is 0.283. The van der Waals surface area contributed by atoms with Gasteiger partial charge in [-0.3, -0.25) is 4.90 Å². The third-order valence-electron chi connectivity index (χ3n) is 6.19. The molecule has 0 bridgehead atoms. The first-order valence-electron chi connectivity index (χ1n) is 11.3. The van der Waals surface area contributed by atoms with Crippen LogP contribution in [0, 0.1) is 5.41 Å². The molecule has 0 spiro atoms. The van der Waals surface area contributed by atoms with E-state index in [2.05, 4.69) is 24.8 Å². The molecule has 2 heterocycles. The topological polar surface area (TPSA) is 108 Å². The molecule has 1 aliphatic rings. The fourth-order valence-corrected chi connectivity index (χ4v) is 5.70. The SMILES string of the molecule is CCc1cc(C2CCN(C/C(N)=C/N(N)CC(C)(CO)COC)C(C)C2)c(CCO)s1. The summed E-state index contributed by atoms with van der Waals surface area (Å²) in [6, 6.07) is 2.78. The number of hydrazine groups is 1. The lowest BCUT2D eigenvalue weighted by molar-refractivity contribution is 0.0238. The number of nitrogens with zero attached hydrogens (tertiary/aromatic N) is 2. The Hall–Kier alpha value is -1.16. The van der Waals surface area contributed by atoms with Crippen LogP contribution in [-0.2, 0) is 17.6 Å². The van der Waals surface area contributed by atoms with Gasteiger partial charge in [-0.1, -0.05) is 13.8 Å². The third-order valence-corrected chi connectivity index (χ3v) is 7.54. The molecule has 2 rings (SSSR count). The first-order chi connectivity index (χ1) is 14.7. The van der Waals surface area contributed by atoms with Crippen molar-refractivity contribution in [2.75, 3.05) is 46.6 Å². The summed E-state index contributed by atoms with van der Waals surface area (Å²) in [5, 5.41) is 20.7. The van der Waals surface area contributed by atoms with E-state index in [1.807, 2.05) is 18.3 Å². The Balaban J connectivity index is 1.96. The predicted octanol–water partition coefficient (Wildman–Crippen LogP) is 2.03. The minimum Gasteiger partial charge on any atom is -0.400 e. The second-order valence-electron chi connectivity index (χ2n) is 9.24. The van der Waals surface area contributed by atoms with Gasteiger partial charge in [0.15, 0.2) is 0 Å². The average Bonchev–Trinajstić information content (AvgIpc) is 3.13. The first kappa shape index (κ1) is 26.1. The van der Waals surface area contributed by atoms with Crippen LogP contribution in [0.4, 0.5) is 0 Å². The van der Waals surface area contributed by atoms with E-state index in [1.165, 1.54) is 15.3 Å². The van der Waals surface area contributed by atoms with Crippen molar-refractivity contribution in [1.29, 1.82) is 0 Å². The number of methoxy groups -OCH3 is 1. The molecule has 0 amide bonds. The summed E-state index contributed by atoms with van der Waals surface area (Å²) in [5.74, 6) is 6.68. The zero-order valence-corrected chi connectivity index (χ0v) is 20.5. The molecular weight excluding hydrogens is 412 g/mol. The van der Waals surface area contributed by atoms with Crippen LogP contribution >= 0.6 is 11.3 Å². The Kier molecular flexibility index (Phi) is 10.3. The normalized spacial score (nSPS) is 22.5. The molecule has 3 unspecified atom stereocenters. The molecule has 1 aromatic rings. The number of hydrogen-bond donors (Lipinski definition) is 4. The van der Waals surface area contributed by atoms with Gasteiger partial charge < -0.3 is 25.7 Å². The molecular formula is C23H42N4O3S. The van der Waals surface area contributed by atoms with Crippen molar-refractivity contribution in [3.8, 4) is 0 Å². The zero-order valence-electron chi connectivity index (χ0n) is 19.6. The number of thiophene rings is 1. The summed E-state index contributed by atoms with van der Waals surface area (Å²) < 4.78 is 5.20. The minimum atomic E-state index is -0.434. The van der Waals surface area contributed by atoms with E-state index in [1.54, 1.807) is 18.3 Å². The van der Waals surface area contributed by atoms with Gasteiger partial charge in [0, 0.05) is 66.3 Å². The van der Waals surface area contributed by atoms with Crippen LogP contribution in [0.1, 0.15) is 54.8 Å². The van der Waals surface area contributed by atoms with Crippen molar-refractivity contribution in [2.24, 2.45) is 17.0 Å². The van der Waals surface area contributed by atoms with Crippen molar-refractivity contribution >= 4 is 11.3 Å². The lowest BCUT2D eigenvalue weighted by atomic mass is 9.85. The number of hydrogen-bond acceptors (Lipinski definition) is 8. The monoisotopic (exact) mass is 454 g/mol. The summed E-state index contributed by atoms with van der Waals surface area (Å²) >= 11 is 1.86. The molecule has 0 aliphatic carbocycles. The van der Waals surface area contributed by atoms with Crippen LogP contribution in [0.25, 0.3) is 0 Å². The second-order valence-corrected chi connectivity index (χ2v) is 10.5. The van der Waals surface area contributed by atoms with Crippen molar-refractivity contribution in [3.05, 3.63) is 33.3 Å². The first-order valence-corrected chi connectivity index (χ1v) is 12.1. The number of piperidine rings is 1. The fraction of sp³-hybridized carbons (Fsp3) is 0.739. The van der Waals surface area contributed by atoms with E-state index in [0.29, 0.717) is 31.7 Å². The number of nitrogens with two attached hydrogens (primary N) is 2. The maximum absolute atomic E-state index is 9.65. The summed E-state index contributed by atoms with van der Waals surface area (Å²) in [4.78, 5) is 5.17. The smallest absolute Gasteiger partial charge is 0.0555 e. The number of aryl methyl sites for hydroxylation is 1. The van der Waals surface area contributed by atoms with Crippen LogP contribution in [-0.4, -0.2) is 72.7 Å². The van der Waals surface area contributed by atoms with E-state index in [-0.39, 0.29) is 13.2 Å². The Morgan fingerprint density at radius 3 is 2.77 bits per heavy atom. The second kappa shape index (κ2) is 12.2. The lowest BCUT2D eigenvalue weighted by Gasteiger charge is -2.38. The average molecular weight is 455 g/mol. The standard InChI is InChI=1S/C23H42N4O3S/c1-5-20-11-21(22(31-20)7-9-28)18-6-8-26(17(2)10-18)12-19(24)13-27(25)14-23(3,15-29)16-30-4/h11,13,17-18,28-29H,5-10,12,14-16,24-25H2,1-4H3/b19-13-. The predicted molar refractivity (Wildman–Crippen MR) is 128 cm³/mol. The maximum atomic E-state index is 9.65. The molecule has 1 aromatic heterocycles. The van der Waals surface area contributed by atoms with Crippen LogP contribution in [0.2, 0.25) is 0 Å². The van der Waals surface area contributed by atoms with Gasteiger partial charge in [0.25, 0.3) is 0 Å². The molecule has 3 atom stereocenters. The zero-order chi connectivity index (χ0) is 23.0. The van der Waals surface area contributed by atoms with Crippen molar-refractivity contribution < 1.29 is 14.9 Å². The largest absolute Gasteiger partial charge is 0.400 e. The molecule has 31 heavy (non-hydrogen) atoms. The van der Waals surface area contributed by atoms with Gasteiger partial charge in [-0.2, -0.15) is 0 Å². The number of rotatable bonds is 12. The van der Waals surface area contributed by atoms with Gasteiger partial charge in [0.05, 0.1) is 13.2 Å². The summed E-state index contributed by atoms with van der Waals surface area (Å²) in [7, 11) is 1.62. The Morgan fingerprint density at radius 1 is 1.45 bits per heavy atom. The molecule has 8 heteroatoms. The highest BCUT2D eigenvalue weighted by molar-refractivity contribution is 7.12. The van der Waals surface area contributed by atoms with Gasteiger partial charge in [0.2, 0.25) is 0 Å². The molecule has 1 saturated heterocycles. The lowest BCUT2D eigenvalue weighted by Crippen LogP contribution is -2.44. The fourth-order valence-electron chi connectivity index (χ4n) is 4.52. The Morgan fingerprint density at radius 2 is 2.19 bits per heavy atom. The highest BCUT2D eigenvalue weighted by Gasteiger charge is 2.29. The Labute approximate surface area is 191 Å². The summed E-state index contributed by atoms with van der Waals surface area (Å²) in [6.07, 6.45) is 5.77. The van der Waals surface area contributed by atoms with Crippen LogP contribution < -0.4 is 11.6 Å². The van der Waals surface area contributed by atoms with Crippen LogP contribution in [0.15, 0.2) is 18.0 Å². The van der Waals surface area contributed by atoms with E-state index in [0.717, 1.165) is 37.9 Å². The third kappa shape index (κ3) is 7.44. The van der Waals surface area contributed by atoms with E-state index in [4.69, 9.17) is 16.3 Å². The number of aliphatic hydroxyl groups excluding tert-OH is 2. The van der Waals surface area contributed by atoms with Crippen LogP contribution in [0.5, 0.6) is 0 Å². The Bertz CT molecular complexity index is 711. The highest BCUT2D eigenvalue weighted by atomic mass is 32.1. The highest BCUT2D eigenvalue weighted by Crippen LogP contribution is 2.37. The maximum Gasteiger partial charge on any atom is 0.0555 e. The van der Waals surface area contributed by atoms with E-state index >= 15 is 0 Å². The van der Waals surface area contributed by atoms with Crippen molar-refractivity contribution in [1.82, 2.24) is 9.91 Å². The van der Waals surface area contributed by atoms with Gasteiger partial charge in [0.1, 0.15) is 0 Å². The molecule has 1 fully saturated rings. The van der Waals surface area contributed by atoms with Crippen molar-refractivity contribution in [2.45, 2.75) is 58.4 Å². The van der Waals surface area contributed by atoms with Gasteiger partial charge in [-0.15, -0.1) is 11.3 Å². The summed E-state index contributed by atoms with van der Waals surface area (Å²) in [5.41, 5.74) is 8.04.